The molecule has 1 amide bonds. The zero-order valence-corrected chi connectivity index (χ0v) is 11.4. The van der Waals surface area contributed by atoms with E-state index in [1.807, 2.05) is 0 Å². The van der Waals surface area contributed by atoms with Gasteiger partial charge in [0.1, 0.15) is 6.04 Å². The van der Waals surface area contributed by atoms with E-state index in [1.54, 1.807) is 4.90 Å². The van der Waals surface area contributed by atoms with Crippen molar-refractivity contribution in [3.05, 3.63) is 23.5 Å². The predicted molar refractivity (Wildman–Crippen MR) is 66.9 cm³/mol. The molecule has 0 bridgehead atoms. The Hall–Kier alpha value is -1.99. The molecule has 2 heterocycles. The predicted octanol–water partition coefficient (Wildman–Crippen LogP) is 2.39. The van der Waals surface area contributed by atoms with Crippen LogP contribution in [0, 0.1) is 0 Å². The van der Waals surface area contributed by atoms with Gasteiger partial charge in [-0.2, -0.15) is 13.2 Å². The summed E-state index contributed by atoms with van der Waals surface area (Å²) in [6.45, 7) is 2.64. The molecule has 1 N–H and O–H groups in total. The fourth-order valence-corrected chi connectivity index (χ4v) is 2.42. The third kappa shape index (κ3) is 3.03. The highest BCUT2D eigenvalue weighted by molar-refractivity contribution is 5.90. The van der Waals surface area contributed by atoms with Crippen molar-refractivity contribution in [2.75, 3.05) is 13.1 Å². The van der Waals surface area contributed by atoms with Gasteiger partial charge >= 0.3 is 12.1 Å². The van der Waals surface area contributed by atoms with Crippen molar-refractivity contribution in [2.45, 2.75) is 32.0 Å². The fraction of sp³-hybridized carbons (Fsp3) is 0.538. The van der Waals surface area contributed by atoms with Crippen molar-refractivity contribution < 1.29 is 27.9 Å². The maximum Gasteiger partial charge on any atom is 0.418 e. The van der Waals surface area contributed by atoms with Gasteiger partial charge in [0.25, 0.3) is 0 Å². The van der Waals surface area contributed by atoms with Crippen LogP contribution < -0.4 is 0 Å². The quantitative estimate of drug-likeness (QED) is 0.932. The van der Waals surface area contributed by atoms with Crippen LogP contribution in [0.15, 0.2) is 12.4 Å². The first-order chi connectivity index (χ1) is 9.71. The first-order valence-corrected chi connectivity index (χ1v) is 6.52. The van der Waals surface area contributed by atoms with E-state index in [-0.39, 0.29) is 5.91 Å². The van der Waals surface area contributed by atoms with Crippen molar-refractivity contribution in [2.24, 2.45) is 0 Å². The van der Waals surface area contributed by atoms with Crippen LogP contribution in [-0.4, -0.2) is 39.5 Å². The van der Waals surface area contributed by atoms with Gasteiger partial charge in [-0.3, -0.25) is 4.79 Å². The molecule has 0 spiro atoms. The number of nitrogens with zero attached hydrogens (tertiary/aromatic N) is 2. The van der Waals surface area contributed by atoms with E-state index in [1.165, 1.54) is 6.92 Å². The lowest BCUT2D eigenvalue weighted by Gasteiger charge is -2.21. The number of carboxylic acids is 1. The van der Waals surface area contributed by atoms with E-state index in [0.717, 1.165) is 23.6 Å². The minimum absolute atomic E-state index is 0.298. The average Bonchev–Trinajstić information content (AvgIpc) is 3.05. The van der Waals surface area contributed by atoms with Crippen molar-refractivity contribution in [3.63, 3.8) is 0 Å². The number of hydrogen-bond acceptors (Lipinski definition) is 2. The Morgan fingerprint density at radius 1 is 1.24 bits per heavy atom. The van der Waals surface area contributed by atoms with Gasteiger partial charge in [-0.25, -0.2) is 4.79 Å². The van der Waals surface area contributed by atoms with Gasteiger partial charge in [0.05, 0.1) is 11.1 Å². The molecule has 0 radical (unpaired) electrons. The van der Waals surface area contributed by atoms with Crippen molar-refractivity contribution in [3.8, 4) is 0 Å². The number of carbonyl (C=O) groups is 2. The largest absolute Gasteiger partial charge is 0.478 e. The molecular weight excluding hydrogens is 289 g/mol. The maximum absolute atomic E-state index is 12.8. The zero-order valence-electron chi connectivity index (χ0n) is 11.4. The Kier molecular flexibility index (Phi) is 3.97. The number of aromatic nitrogens is 1. The minimum Gasteiger partial charge on any atom is -0.478 e. The molecule has 21 heavy (non-hydrogen) atoms. The number of alkyl halides is 3. The lowest BCUT2D eigenvalue weighted by atomic mass is 10.2. The SMILES string of the molecule is CC(C(=O)N1CCCC1)n1cc(C(=O)O)c(C(F)(F)F)c1. The average molecular weight is 304 g/mol. The second kappa shape index (κ2) is 5.42. The summed E-state index contributed by atoms with van der Waals surface area (Å²) in [6, 6.07) is -0.864. The van der Waals surface area contributed by atoms with Crippen LogP contribution >= 0.6 is 0 Å². The van der Waals surface area contributed by atoms with Crippen molar-refractivity contribution >= 4 is 11.9 Å². The molecule has 1 aliphatic heterocycles. The third-order valence-corrected chi connectivity index (χ3v) is 3.60. The topological polar surface area (TPSA) is 62.5 Å². The summed E-state index contributed by atoms with van der Waals surface area (Å²) in [7, 11) is 0. The van der Waals surface area contributed by atoms with E-state index >= 15 is 0 Å². The number of amides is 1. The Labute approximate surface area is 119 Å². The van der Waals surface area contributed by atoms with Gasteiger partial charge in [0.2, 0.25) is 5.91 Å². The molecule has 116 valence electrons. The molecule has 2 rings (SSSR count). The van der Waals surface area contributed by atoms with Gasteiger partial charge in [-0.05, 0) is 19.8 Å². The molecule has 1 unspecified atom stereocenters. The normalized spacial score (nSPS) is 17.0. The molecule has 1 aromatic heterocycles. The molecule has 5 nitrogen and oxygen atoms in total. The van der Waals surface area contributed by atoms with Crippen LogP contribution in [0.5, 0.6) is 0 Å². The van der Waals surface area contributed by atoms with E-state index in [4.69, 9.17) is 5.11 Å². The summed E-state index contributed by atoms with van der Waals surface area (Å²) in [6.07, 6.45) is -1.47. The molecule has 1 fully saturated rings. The number of likely N-dealkylation sites (tertiary alicyclic amines) is 1. The zero-order chi connectivity index (χ0) is 15.8. The fourth-order valence-electron chi connectivity index (χ4n) is 2.42. The number of hydrogen-bond donors (Lipinski definition) is 1. The van der Waals surface area contributed by atoms with Gasteiger partial charge in [-0.15, -0.1) is 0 Å². The molecule has 1 aromatic rings. The first kappa shape index (κ1) is 15.4. The van der Waals surface area contributed by atoms with Gasteiger partial charge in [0, 0.05) is 25.5 Å². The summed E-state index contributed by atoms with van der Waals surface area (Å²) in [4.78, 5) is 24.7. The maximum atomic E-state index is 12.8. The smallest absolute Gasteiger partial charge is 0.418 e. The third-order valence-electron chi connectivity index (χ3n) is 3.60. The summed E-state index contributed by atoms with van der Waals surface area (Å²) in [5.41, 5.74) is -2.08. The van der Waals surface area contributed by atoms with E-state index in [0.29, 0.717) is 19.3 Å². The second-order valence-corrected chi connectivity index (χ2v) is 5.04. The molecular formula is C13H15F3N2O3. The molecule has 0 aromatic carbocycles. The molecule has 8 heteroatoms. The lowest BCUT2D eigenvalue weighted by molar-refractivity contribution is -0.138. The Morgan fingerprint density at radius 3 is 2.24 bits per heavy atom. The highest BCUT2D eigenvalue weighted by Crippen LogP contribution is 2.33. The Morgan fingerprint density at radius 2 is 1.81 bits per heavy atom. The second-order valence-electron chi connectivity index (χ2n) is 5.04. The highest BCUT2D eigenvalue weighted by atomic mass is 19.4. The number of rotatable bonds is 3. The number of halogens is 3. The standard InChI is InChI=1S/C13H15F3N2O3/c1-8(11(19)17-4-2-3-5-17)18-6-9(12(20)21)10(7-18)13(14,15)16/h6-8H,2-5H2,1H3,(H,20,21). The van der Waals surface area contributed by atoms with E-state index < -0.39 is 29.3 Å². The molecule has 0 aliphatic carbocycles. The summed E-state index contributed by atoms with van der Waals surface area (Å²) >= 11 is 0. The summed E-state index contributed by atoms with van der Waals surface area (Å²) < 4.78 is 39.5. The number of aromatic carboxylic acids is 1. The van der Waals surface area contributed by atoms with Crippen LogP contribution in [0.3, 0.4) is 0 Å². The van der Waals surface area contributed by atoms with Crippen LogP contribution in [0.2, 0.25) is 0 Å². The van der Waals surface area contributed by atoms with Crippen LogP contribution in [-0.2, 0) is 11.0 Å². The van der Waals surface area contributed by atoms with Crippen LogP contribution in [0.25, 0.3) is 0 Å². The highest BCUT2D eigenvalue weighted by Gasteiger charge is 2.38. The van der Waals surface area contributed by atoms with Gasteiger partial charge in [0.15, 0.2) is 0 Å². The van der Waals surface area contributed by atoms with E-state index in [2.05, 4.69) is 0 Å². The summed E-state index contributed by atoms with van der Waals surface area (Å²) in [5, 5.41) is 8.87. The Balaban J connectivity index is 2.31. The lowest BCUT2D eigenvalue weighted by Crippen LogP contribution is -2.33. The Bertz CT molecular complexity index is 559. The monoisotopic (exact) mass is 304 g/mol. The summed E-state index contributed by atoms with van der Waals surface area (Å²) in [5.74, 6) is -1.96. The molecule has 1 atom stereocenters. The van der Waals surface area contributed by atoms with Gasteiger partial charge < -0.3 is 14.6 Å². The van der Waals surface area contributed by atoms with E-state index in [9.17, 15) is 22.8 Å². The molecule has 1 aliphatic rings. The van der Waals surface area contributed by atoms with Crippen molar-refractivity contribution in [1.29, 1.82) is 0 Å². The first-order valence-electron chi connectivity index (χ1n) is 6.52. The van der Waals surface area contributed by atoms with Gasteiger partial charge in [-0.1, -0.05) is 0 Å². The van der Waals surface area contributed by atoms with Crippen molar-refractivity contribution in [1.82, 2.24) is 9.47 Å². The number of carbonyl (C=O) groups excluding carboxylic acids is 1. The molecule has 1 saturated heterocycles. The van der Waals surface area contributed by atoms with Crippen LogP contribution in [0.1, 0.15) is 41.7 Å². The number of carboxylic acid groups (broad SMARTS) is 1. The van der Waals surface area contributed by atoms with Crippen LogP contribution in [0.4, 0.5) is 13.2 Å². The minimum atomic E-state index is -4.77. The molecule has 0 saturated carbocycles.